The molecule has 3 N–H and O–H groups in total. The van der Waals surface area contributed by atoms with E-state index in [9.17, 15) is 10.1 Å². The van der Waals surface area contributed by atoms with Gasteiger partial charge in [0.25, 0.3) is 0 Å². The summed E-state index contributed by atoms with van der Waals surface area (Å²) in [6, 6.07) is 6.19. The molecule has 0 saturated carbocycles. The molecule has 0 aliphatic carbocycles. The molecule has 0 unspecified atom stereocenters. The fourth-order valence-electron chi connectivity index (χ4n) is 1.48. The Morgan fingerprint density at radius 2 is 2.24 bits per heavy atom. The van der Waals surface area contributed by atoms with Crippen LogP contribution in [0, 0.1) is 10.1 Å². The topological polar surface area (TPSA) is 107 Å². The van der Waals surface area contributed by atoms with Crippen molar-refractivity contribution in [3.63, 3.8) is 0 Å². The van der Waals surface area contributed by atoms with Gasteiger partial charge in [0.15, 0.2) is 5.75 Å². The smallest absolute Gasteiger partial charge is 0.310 e. The van der Waals surface area contributed by atoms with Gasteiger partial charge in [-0.05, 0) is 12.1 Å². The van der Waals surface area contributed by atoms with Gasteiger partial charge in [0.05, 0.1) is 17.7 Å². The standard InChI is InChI=1S/C10H10N4O3/c1-17-9-4-6(2-3-8(9)14(15)16)7-5-10(11)13-12-7/h2-5H,1H3,(H3,11,12,13). The van der Waals surface area contributed by atoms with Crippen LogP contribution in [0.2, 0.25) is 0 Å². The van der Waals surface area contributed by atoms with Crippen LogP contribution in [0.4, 0.5) is 11.5 Å². The van der Waals surface area contributed by atoms with Gasteiger partial charge in [-0.1, -0.05) is 0 Å². The van der Waals surface area contributed by atoms with Gasteiger partial charge in [-0.15, -0.1) is 0 Å². The van der Waals surface area contributed by atoms with E-state index in [2.05, 4.69) is 10.2 Å². The summed E-state index contributed by atoms with van der Waals surface area (Å²) < 4.78 is 4.97. The maximum atomic E-state index is 10.7. The first kappa shape index (κ1) is 10.9. The first-order valence-electron chi connectivity index (χ1n) is 4.75. The molecular formula is C10H10N4O3. The van der Waals surface area contributed by atoms with Gasteiger partial charge in [0, 0.05) is 17.7 Å². The first-order valence-corrected chi connectivity index (χ1v) is 4.75. The predicted molar refractivity (Wildman–Crippen MR) is 61.6 cm³/mol. The van der Waals surface area contributed by atoms with Gasteiger partial charge < -0.3 is 10.5 Å². The highest BCUT2D eigenvalue weighted by molar-refractivity contribution is 5.67. The normalized spacial score (nSPS) is 10.2. The number of benzene rings is 1. The minimum atomic E-state index is -0.496. The molecule has 2 aromatic rings. The lowest BCUT2D eigenvalue weighted by Gasteiger charge is -2.03. The number of methoxy groups -OCH3 is 1. The van der Waals surface area contributed by atoms with Crippen molar-refractivity contribution in [1.29, 1.82) is 0 Å². The van der Waals surface area contributed by atoms with Gasteiger partial charge in [-0.25, -0.2) is 0 Å². The molecule has 0 radical (unpaired) electrons. The van der Waals surface area contributed by atoms with Crippen molar-refractivity contribution >= 4 is 11.5 Å². The average Bonchev–Trinajstić information content (AvgIpc) is 2.75. The van der Waals surface area contributed by atoms with Gasteiger partial charge in [0.1, 0.15) is 5.82 Å². The number of anilines is 1. The quantitative estimate of drug-likeness (QED) is 0.619. The van der Waals surface area contributed by atoms with Crippen molar-refractivity contribution in [3.8, 4) is 17.0 Å². The number of hydrogen-bond acceptors (Lipinski definition) is 5. The van der Waals surface area contributed by atoms with Crippen LogP contribution in [0.1, 0.15) is 0 Å². The van der Waals surface area contributed by atoms with Gasteiger partial charge >= 0.3 is 5.69 Å². The van der Waals surface area contributed by atoms with Gasteiger partial charge in [0.2, 0.25) is 0 Å². The molecule has 0 bridgehead atoms. The van der Waals surface area contributed by atoms with Crippen molar-refractivity contribution in [3.05, 3.63) is 34.4 Å². The molecule has 0 amide bonds. The van der Waals surface area contributed by atoms with E-state index in [1.54, 1.807) is 18.2 Å². The zero-order chi connectivity index (χ0) is 12.4. The first-order chi connectivity index (χ1) is 8.11. The third-order valence-corrected chi connectivity index (χ3v) is 2.29. The second-order valence-electron chi connectivity index (χ2n) is 3.35. The number of nitro groups is 1. The van der Waals surface area contributed by atoms with Crippen molar-refractivity contribution in [1.82, 2.24) is 10.2 Å². The van der Waals surface area contributed by atoms with Crippen LogP contribution < -0.4 is 10.5 Å². The summed E-state index contributed by atoms with van der Waals surface area (Å²) in [4.78, 5) is 10.2. The van der Waals surface area contributed by atoms with E-state index in [0.29, 0.717) is 11.5 Å². The van der Waals surface area contributed by atoms with Crippen LogP contribution in [-0.2, 0) is 0 Å². The summed E-state index contributed by atoms with van der Waals surface area (Å²) in [5.74, 6) is 0.554. The van der Waals surface area contributed by atoms with E-state index < -0.39 is 4.92 Å². The maximum absolute atomic E-state index is 10.7. The molecule has 1 aromatic heterocycles. The number of nitrogens with one attached hydrogen (secondary N) is 1. The Labute approximate surface area is 96.4 Å². The summed E-state index contributed by atoms with van der Waals surface area (Å²) in [7, 11) is 1.38. The Morgan fingerprint density at radius 3 is 2.76 bits per heavy atom. The van der Waals surface area contributed by atoms with E-state index in [1.165, 1.54) is 13.2 Å². The van der Waals surface area contributed by atoms with Crippen molar-refractivity contribution in [2.24, 2.45) is 0 Å². The predicted octanol–water partition coefficient (Wildman–Crippen LogP) is 1.58. The average molecular weight is 234 g/mol. The third-order valence-electron chi connectivity index (χ3n) is 2.29. The molecular weight excluding hydrogens is 224 g/mol. The molecule has 0 atom stereocenters. The van der Waals surface area contributed by atoms with Crippen LogP contribution in [0.25, 0.3) is 11.3 Å². The minimum Gasteiger partial charge on any atom is -0.490 e. The molecule has 1 aromatic carbocycles. The molecule has 7 nitrogen and oxygen atoms in total. The minimum absolute atomic E-state index is 0.0799. The lowest BCUT2D eigenvalue weighted by atomic mass is 10.1. The molecule has 7 heteroatoms. The Bertz CT molecular complexity index is 564. The Kier molecular flexibility index (Phi) is 2.65. The Hall–Kier alpha value is -2.57. The number of nitro benzene ring substituents is 1. The van der Waals surface area contributed by atoms with Crippen molar-refractivity contribution < 1.29 is 9.66 Å². The molecule has 1 heterocycles. The van der Waals surface area contributed by atoms with E-state index in [4.69, 9.17) is 10.5 Å². The Balaban J connectivity index is 2.48. The van der Waals surface area contributed by atoms with E-state index in [-0.39, 0.29) is 11.4 Å². The summed E-state index contributed by atoms with van der Waals surface area (Å²) in [5, 5.41) is 17.2. The summed E-state index contributed by atoms with van der Waals surface area (Å²) in [6.45, 7) is 0. The lowest BCUT2D eigenvalue weighted by molar-refractivity contribution is -0.385. The number of ether oxygens (including phenoxy) is 1. The highest BCUT2D eigenvalue weighted by atomic mass is 16.6. The fourth-order valence-corrected chi connectivity index (χ4v) is 1.48. The zero-order valence-corrected chi connectivity index (χ0v) is 9.01. The van der Waals surface area contributed by atoms with E-state index in [1.807, 2.05) is 0 Å². The number of aromatic amines is 1. The molecule has 0 aliphatic rings. The third kappa shape index (κ3) is 2.03. The van der Waals surface area contributed by atoms with Gasteiger partial charge in [-0.2, -0.15) is 5.10 Å². The second-order valence-corrected chi connectivity index (χ2v) is 3.35. The molecule has 0 spiro atoms. The maximum Gasteiger partial charge on any atom is 0.310 e. The molecule has 0 fully saturated rings. The van der Waals surface area contributed by atoms with Gasteiger partial charge in [-0.3, -0.25) is 15.2 Å². The number of hydrogen-bond donors (Lipinski definition) is 2. The number of H-pyrrole nitrogens is 1. The molecule has 17 heavy (non-hydrogen) atoms. The van der Waals surface area contributed by atoms with Crippen LogP contribution in [0.3, 0.4) is 0 Å². The highest BCUT2D eigenvalue weighted by Crippen LogP contribution is 2.31. The number of nitrogens with zero attached hydrogens (tertiary/aromatic N) is 2. The second kappa shape index (κ2) is 4.12. The number of rotatable bonds is 3. The highest BCUT2D eigenvalue weighted by Gasteiger charge is 2.15. The molecule has 2 rings (SSSR count). The largest absolute Gasteiger partial charge is 0.490 e. The summed E-state index contributed by atoms with van der Waals surface area (Å²) in [5.41, 5.74) is 6.80. The number of nitrogens with two attached hydrogens (primary N) is 1. The van der Waals surface area contributed by atoms with Crippen LogP contribution in [-0.4, -0.2) is 22.2 Å². The summed E-state index contributed by atoms with van der Waals surface area (Å²) in [6.07, 6.45) is 0. The van der Waals surface area contributed by atoms with Crippen LogP contribution >= 0.6 is 0 Å². The molecule has 88 valence electrons. The van der Waals surface area contributed by atoms with Crippen molar-refractivity contribution in [2.75, 3.05) is 12.8 Å². The zero-order valence-electron chi connectivity index (χ0n) is 9.01. The Morgan fingerprint density at radius 1 is 1.47 bits per heavy atom. The van der Waals surface area contributed by atoms with Crippen LogP contribution in [0.15, 0.2) is 24.3 Å². The summed E-state index contributed by atoms with van der Waals surface area (Å²) >= 11 is 0. The van der Waals surface area contributed by atoms with Crippen LogP contribution in [0.5, 0.6) is 5.75 Å². The molecule has 0 saturated heterocycles. The lowest BCUT2D eigenvalue weighted by Crippen LogP contribution is -1.94. The van der Waals surface area contributed by atoms with Crippen molar-refractivity contribution in [2.45, 2.75) is 0 Å². The monoisotopic (exact) mass is 234 g/mol. The number of aromatic nitrogens is 2. The van der Waals surface area contributed by atoms with E-state index >= 15 is 0 Å². The van der Waals surface area contributed by atoms with E-state index in [0.717, 1.165) is 5.56 Å². The SMILES string of the molecule is COc1cc(-c2cc(N)n[nH]2)ccc1[N+](=O)[O-]. The fraction of sp³-hybridized carbons (Fsp3) is 0.100. The molecule has 0 aliphatic heterocycles. The number of nitrogen functional groups attached to an aromatic ring is 1.